The monoisotopic (exact) mass is 430 g/mol. The van der Waals surface area contributed by atoms with Gasteiger partial charge in [-0.1, -0.05) is 30.4 Å². The predicted molar refractivity (Wildman–Crippen MR) is 110 cm³/mol. The Kier molecular flexibility index (Phi) is 5.39. The molecule has 158 valence electrons. The highest BCUT2D eigenvalue weighted by atomic mass is 32.1. The Hall–Kier alpha value is -3.05. The molecule has 0 spiro atoms. The molecule has 10 nitrogen and oxygen atoms in total. The maximum absolute atomic E-state index is 11.6. The molecule has 0 radical (unpaired) electrons. The second kappa shape index (κ2) is 8.00. The van der Waals surface area contributed by atoms with Gasteiger partial charge in [-0.2, -0.15) is 4.52 Å². The number of nitro groups is 1. The van der Waals surface area contributed by atoms with Crippen LogP contribution in [0.4, 0.5) is 5.69 Å². The number of rotatable bonds is 6. The Labute approximate surface area is 176 Å². The van der Waals surface area contributed by atoms with E-state index in [1.165, 1.54) is 28.0 Å². The van der Waals surface area contributed by atoms with Crippen molar-refractivity contribution in [2.75, 3.05) is 13.1 Å². The third-order valence-corrected chi connectivity index (χ3v) is 6.60. The van der Waals surface area contributed by atoms with Gasteiger partial charge in [0.05, 0.1) is 15.8 Å². The van der Waals surface area contributed by atoms with Gasteiger partial charge in [-0.25, -0.2) is 4.98 Å². The Balaban J connectivity index is 1.74. The fourth-order valence-electron chi connectivity index (χ4n) is 3.87. The molecular formula is C19H22N6O4S. The van der Waals surface area contributed by atoms with E-state index in [4.69, 9.17) is 5.73 Å². The van der Waals surface area contributed by atoms with E-state index in [2.05, 4.69) is 15.0 Å². The van der Waals surface area contributed by atoms with E-state index < -0.39 is 4.92 Å². The average Bonchev–Trinajstić information content (AvgIpc) is 3.28. The molecule has 30 heavy (non-hydrogen) atoms. The van der Waals surface area contributed by atoms with Gasteiger partial charge >= 0.3 is 0 Å². The van der Waals surface area contributed by atoms with Gasteiger partial charge in [0.2, 0.25) is 16.7 Å². The van der Waals surface area contributed by atoms with Gasteiger partial charge in [0.1, 0.15) is 0 Å². The number of hydrogen-bond donors (Lipinski definition) is 2. The van der Waals surface area contributed by atoms with Crippen molar-refractivity contribution in [3.05, 3.63) is 50.6 Å². The van der Waals surface area contributed by atoms with Gasteiger partial charge in [0.25, 0.3) is 5.69 Å². The highest BCUT2D eigenvalue weighted by Gasteiger charge is 2.33. The molecule has 4 rings (SSSR count). The number of nitro benzene ring substituents is 1. The SMILES string of the molecule is CCc1nc2sc([C@H](c3ccc([N+](=O)[O-])cc3)N3CCC(C(N)=O)CC3)c(O)n2n1. The number of fused-ring (bicyclic) bond motifs is 1. The number of likely N-dealkylation sites (tertiary alicyclic amines) is 1. The molecule has 1 amide bonds. The molecule has 2 aromatic heterocycles. The second-order valence-corrected chi connectivity index (χ2v) is 8.34. The van der Waals surface area contributed by atoms with E-state index in [0.717, 1.165) is 5.56 Å². The van der Waals surface area contributed by atoms with Crippen LogP contribution in [0.5, 0.6) is 5.88 Å². The summed E-state index contributed by atoms with van der Waals surface area (Å²) in [6.07, 6.45) is 1.91. The Morgan fingerprint density at radius 3 is 2.57 bits per heavy atom. The molecule has 1 atom stereocenters. The van der Waals surface area contributed by atoms with E-state index in [0.29, 0.717) is 48.0 Å². The minimum absolute atomic E-state index is 0.00407. The standard InChI is InChI=1S/C19H22N6O4S/c1-2-14-21-19-24(22-14)18(27)16(30-19)15(11-3-5-13(6-4-11)25(28)29)23-9-7-12(8-10-23)17(20)26/h3-6,12,15,27H,2,7-10H2,1H3,(H2,20,26)/t15-/m0/s1. The van der Waals surface area contributed by atoms with E-state index in [1.54, 1.807) is 12.1 Å². The molecule has 0 aliphatic carbocycles. The average molecular weight is 430 g/mol. The lowest BCUT2D eigenvalue weighted by atomic mass is 9.93. The molecule has 11 heteroatoms. The number of thiazole rings is 1. The summed E-state index contributed by atoms with van der Waals surface area (Å²) in [5.41, 5.74) is 6.28. The molecule has 3 aromatic rings. The summed E-state index contributed by atoms with van der Waals surface area (Å²) in [6.45, 7) is 3.17. The summed E-state index contributed by atoms with van der Waals surface area (Å²) < 4.78 is 1.44. The van der Waals surface area contributed by atoms with Crippen LogP contribution in [-0.4, -0.2) is 48.5 Å². The quantitative estimate of drug-likeness (QED) is 0.451. The first kappa shape index (κ1) is 20.2. The minimum Gasteiger partial charge on any atom is -0.492 e. The van der Waals surface area contributed by atoms with Gasteiger partial charge in [-0.05, 0) is 31.5 Å². The van der Waals surface area contributed by atoms with E-state index in [1.807, 2.05) is 6.92 Å². The minimum atomic E-state index is -0.440. The summed E-state index contributed by atoms with van der Waals surface area (Å²) in [7, 11) is 0. The van der Waals surface area contributed by atoms with Crippen molar-refractivity contribution in [1.29, 1.82) is 0 Å². The van der Waals surface area contributed by atoms with E-state index in [-0.39, 0.29) is 29.4 Å². The number of hydrogen-bond acceptors (Lipinski definition) is 8. The zero-order chi connectivity index (χ0) is 21.4. The highest BCUT2D eigenvalue weighted by Crippen LogP contribution is 2.41. The lowest BCUT2D eigenvalue weighted by molar-refractivity contribution is -0.384. The first-order chi connectivity index (χ1) is 14.4. The summed E-state index contributed by atoms with van der Waals surface area (Å²) in [5, 5.41) is 26.3. The number of nitrogens with zero attached hydrogens (tertiary/aromatic N) is 5. The molecule has 1 fully saturated rings. The van der Waals surface area contributed by atoms with Crippen molar-refractivity contribution in [2.45, 2.75) is 32.2 Å². The number of carbonyl (C=O) groups excluding carboxylic acids is 1. The normalized spacial score (nSPS) is 16.7. The van der Waals surface area contributed by atoms with Gasteiger partial charge in [0.15, 0.2) is 5.82 Å². The van der Waals surface area contributed by atoms with Crippen LogP contribution in [0.1, 0.15) is 42.1 Å². The first-order valence-electron chi connectivity index (χ1n) is 9.74. The van der Waals surface area contributed by atoms with Crippen LogP contribution < -0.4 is 5.73 Å². The number of amides is 1. The maximum Gasteiger partial charge on any atom is 0.269 e. The van der Waals surface area contributed by atoms with Gasteiger partial charge < -0.3 is 10.8 Å². The Bertz CT molecular complexity index is 1080. The summed E-state index contributed by atoms with van der Waals surface area (Å²) in [6, 6.07) is 5.99. The number of non-ortho nitro benzene ring substituents is 1. The lowest BCUT2D eigenvalue weighted by Gasteiger charge is -2.36. The zero-order valence-electron chi connectivity index (χ0n) is 16.4. The highest BCUT2D eigenvalue weighted by molar-refractivity contribution is 7.17. The summed E-state index contributed by atoms with van der Waals surface area (Å²) in [5.74, 6) is 0.205. The molecule has 0 unspecified atom stereocenters. The number of nitrogens with two attached hydrogens (primary N) is 1. The third kappa shape index (κ3) is 3.61. The second-order valence-electron chi connectivity index (χ2n) is 7.33. The van der Waals surface area contributed by atoms with Crippen LogP contribution in [0.3, 0.4) is 0 Å². The van der Waals surface area contributed by atoms with Crippen LogP contribution >= 0.6 is 11.3 Å². The number of benzene rings is 1. The molecule has 0 bridgehead atoms. The fourth-order valence-corrected chi connectivity index (χ4v) is 5.00. The molecule has 1 aliphatic heterocycles. The number of aromatic hydroxyl groups is 1. The molecule has 1 aromatic carbocycles. The van der Waals surface area contributed by atoms with Crippen molar-refractivity contribution < 1.29 is 14.8 Å². The molecule has 1 aliphatic rings. The fraction of sp³-hybridized carbons (Fsp3) is 0.421. The molecule has 0 saturated carbocycles. The zero-order valence-corrected chi connectivity index (χ0v) is 17.2. The Morgan fingerprint density at radius 2 is 2.03 bits per heavy atom. The van der Waals surface area contributed by atoms with Crippen molar-refractivity contribution >= 4 is 27.9 Å². The van der Waals surface area contributed by atoms with E-state index in [9.17, 15) is 20.0 Å². The van der Waals surface area contributed by atoms with Crippen LogP contribution in [0.2, 0.25) is 0 Å². The number of piperidine rings is 1. The van der Waals surface area contributed by atoms with Crippen molar-refractivity contribution in [2.24, 2.45) is 11.7 Å². The lowest BCUT2D eigenvalue weighted by Crippen LogP contribution is -2.40. The number of carbonyl (C=O) groups is 1. The van der Waals surface area contributed by atoms with Gasteiger partial charge in [-0.15, -0.1) is 5.10 Å². The van der Waals surface area contributed by atoms with Crippen LogP contribution in [-0.2, 0) is 11.2 Å². The maximum atomic E-state index is 11.6. The largest absolute Gasteiger partial charge is 0.492 e. The van der Waals surface area contributed by atoms with Crippen LogP contribution in [0, 0.1) is 16.0 Å². The van der Waals surface area contributed by atoms with Crippen LogP contribution in [0.25, 0.3) is 4.96 Å². The number of primary amides is 1. The topological polar surface area (TPSA) is 140 Å². The summed E-state index contributed by atoms with van der Waals surface area (Å²) in [4.78, 5) is 30.0. The molecule has 3 N–H and O–H groups in total. The van der Waals surface area contributed by atoms with Crippen molar-refractivity contribution in [3.63, 3.8) is 0 Å². The first-order valence-corrected chi connectivity index (χ1v) is 10.6. The summed E-state index contributed by atoms with van der Waals surface area (Å²) >= 11 is 1.35. The molecule has 1 saturated heterocycles. The van der Waals surface area contributed by atoms with Crippen molar-refractivity contribution in [1.82, 2.24) is 19.5 Å². The number of aromatic nitrogens is 3. The van der Waals surface area contributed by atoms with Gasteiger partial charge in [0, 0.05) is 24.5 Å². The number of aryl methyl sites for hydroxylation is 1. The van der Waals surface area contributed by atoms with E-state index >= 15 is 0 Å². The van der Waals surface area contributed by atoms with Crippen LogP contribution in [0.15, 0.2) is 24.3 Å². The molecular weight excluding hydrogens is 408 g/mol. The molecule has 3 heterocycles. The smallest absolute Gasteiger partial charge is 0.269 e. The third-order valence-electron chi connectivity index (χ3n) is 5.52. The Morgan fingerprint density at radius 1 is 1.37 bits per heavy atom. The predicted octanol–water partition coefficient (Wildman–Crippen LogP) is 2.25. The van der Waals surface area contributed by atoms with Gasteiger partial charge in [-0.3, -0.25) is 19.8 Å². The van der Waals surface area contributed by atoms with Crippen molar-refractivity contribution in [3.8, 4) is 5.88 Å².